The first-order valence-corrected chi connectivity index (χ1v) is 2.85. The molecule has 0 aliphatic carbocycles. The second kappa shape index (κ2) is 3.05. The zero-order valence-corrected chi connectivity index (χ0v) is 5.82. The molecule has 0 aliphatic rings. The highest BCUT2D eigenvalue weighted by atomic mass is 16.3. The van der Waals surface area contributed by atoms with Crippen LogP contribution in [0.4, 0.5) is 0 Å². The number of rotatable bonds is 2. The van der Waals surface area contributed by atoms with E-state index in [2.05, 4.69) is 26.1 Å². The molecule has 1 radical (unpaired) electrons. The SMILES string of the molecule is CC(C)(C)CNC[O]. The molecule has 0 spiro atoms. The molecule has 0 amide bonds. The van der Waals surface area contributed by atoms with Crippen LogP contribution in [0.5, 0.6) is 0 Å². The third-order valence-corrected chi connectivity index (χ3v) is 0.757. The molecule has 0 atom stereocenters. The molecule has 8 heavy (non-hydrogen) atoms. The maximum atomic E-state index is 9.87. The molecule has 0 saturated heterocycles. The summed E-state index contributed by atoms with van der Waals surface area (Å²) in [6, 6.07) is 0. The van der Waals surface area contributed by atoms with Gasteiger partial charge < -0.3 is 0 Å². The third-order valence-electron chi connectivity index (χ3n) is 0.757. The van der Waals surface area contributed by atoms with Crippen LogP contribution in [0.1, 0.15) is 20.8 Å². The fraction of sp³-hybridized carbons (Fsp3) is 1.00. The van der Waals surface area contributed by atoms with Crippen molar-refractivity contribution in [2.45, 2.75) is 20.8 Å². The Morgan fingerprint density at radius 3 is 2.00 bits per heavy atom. The second-order valence-corrected chi connectivity index (χ2v) is 3.13. The average Bonchev–Trinajstić information content (AvgIpc) is 1.59. The minimum Gasteiger partial charge on any atom is -0.292 e. The Labute approximate surface area is 50.9 Å². The topological polar surface area (TPSA) is 31.9 Å². The molecule has 1 N–H and O–H groups in total. The van der Waals surface area contributed by atoms with E-state index in [-0.39, 0.29) is 12.1 Å². The lowest BCUT2D eigenvalue weighted by Gasteiger charge is -2.16. The van der Waals surface area contributed by atoms with Crippen LogP contribution in [0.2, 0.25) is 0 Å². The zero-order chi connectivity index (χ0) is 6.62. The van der Waals surface area contributed by atoms with Gasteiger partial charge in [-0.2, -0.15) is 0 Å². The highest BCUT2D eigenvalue weighted by Crippen LogP contribution is 2.09. The molecule has 0 heterocycles. The fourth-order valence-corrected chi connectivity index (χ4v) is 0.426. The van der Waals surface area contributed by atoms with Crippen LogP contribution in [0.15, 0.2) is 0 Å². The lowest BCUT2D eigenvalue weighted by atomic mass is 9.97. The van der Waals surface area contributed by atoms with E-state index in [1.54, 1.807) is 0 Å². The molecule has 0 aromatic heterocycles. The molecule has 0 aromatic carbocycles. The Morgan fingerprint density at radius 1 is 1.38 bits per heavy atom. The van der Waals surface area contributed by atoms with Crippen LogP contribution >= 0.6 is 0 Å². The van der Waals surface area contributed by atoms with Crippen LogP contribution in [-0.2, 0) is 5.11 Å². The van der Waals surface area contributed by atoms with Crippen molar-refractivity contribution in [3.8, 4) is 0 Å². The van der Waals surface area contributed by atoms with Crippen molar-refractivity contribution in [1.82, 2.24) is 5.32 Å². The largest absolute Gasteiger partial charge is 0.292 e. The Kier molecular flexibility index (Phi) is 3.02. The molecule has 0 unspecified atom stereocenters. The van der Waals surface area contributed by atoms with Gasteiger partial charge in [-0.1, -0.05) is 20.8 Å². The van der Waals surface area contributed by atoms with Crippen molar-refractivity contribution in [2.24, 2.45) is 5.41 Å². The van der Waals surface area contributed by atoms with Crippen LogP contribution in [0, 0.1) is 5.41 Å². The van der Waals surface area contributed by atoms with Crippen molar-refractivity contribution in [3.63, 3.8) is 0 Å². The molecular formula is C6H14NO. The highest BCUT2D eigenvalue weighted by molar-refractivity contribution is 4.62. The van der Waals surface area contributed by atoms with Crippen LogP contribution in [-0.4, -0.2) is 13.3 Å². The predicted molar refractivity (Wildman–Crippen MR) is 33.0 cm³/mol. The van der Waals surface area contributed by atoms with E-state index >= 15 is 0 Å². The van der Waals surface area contributed by atoms with E-state index in [4.69, 9.17) is 0 Å². The first kappa shape index (κ1) is 7.92. The molecule has 0 bridgehead atoms. The first-order chi connectivity index (χ1) is 3.56. The van der Waals surface area contributed by atoms with Gasteiger partial charge in [0.1, 0.15) is 6.73 Å². The van der Waals surface area contributed by atoms with Gasteiger partial charge in [-0.05, 0) is 5.41 Å². The minimum atomic E-state index is -0.169. The fourth-order valence-electron chi connectivity index (χ4n) is 0.426. The summed E-state index contributed by atoms with van der Waals surface area (Å²) < 4.78 is 0. The van der Waals surface area contributed by atoms with Gasteiger partial charge in [0.25, 0.3) is 0 Å². The van der Waals surface area contributed by atoms with Gasteiger partial charge in [0.05, 0.1) is 0 Å². The van der Waals surface area contributed by atoms with Gasteiger partial charge >= 0.3 is 0 Å². The lowest BCUT2D eigenvalue weighted by Crippen LogP contribution is -2.26. The molecule has 49 valence electrons. The van der Waals surface area contributed by atoms with Gasteiger partial charge in [0, 0.05) is 6.54 Å². The average molecular weight is 116 g/mol. The van der Waals surface area contributed by atoms with E-state index in [1.807, 2.05) is 0 Å². The van der Waals surface area contributed by atoms with E-state index in [0.717, 1.165) is 6.54 Å². The lowest BCUT2D eigenvalue weighted by molar-refractivity contribution is 0.155. The Bertz CT molecular complexity index is 56.0. The molecule has 2 heteroatoms. The molecule has 0 fully saturated rings. The van der Waals surface area contributed by atoms with E-state index in [0.29, 0.717) is 0 Å². The standard InChI is InChI=1S/C6H14NO/c1-6(2,3)4-7-5-8/h7H,4-5H2,1-3H3. The van der Waals surface area contributed by atoms with Crippen molar-refractivity contribution in [2.75, 3.05) is 13.3 Å². The normalized spacial score (nSPS) is 12.0. The number of hydrogen-bond acceptors (Lipinski definition) is 1. The van der Waals surface area contributed by atoms with Crippen molar-refractivity contribution < 1.29 is 5.11 Å². The summed E-state index contributed by atoms with van der Waals surface area (Å²) >= 11 is 0. The summed E-state index contributed by atoms with van der Waals surface area (Å²) in [5, 5.41) is 12.6. The Balaban J connectivity index is 3.11. The van der Waals surface area contributed by atoms with Crippen molar-refractivity contribution in [3.05, 3.63) is 0 Å². The maximum absolute atomic E-state index is 9.87. The van der Waals surface area contributed by atoms with Gasteiger partial charge in [0.2, 0.25) is 0 Å². The summed E-state index contributed by atoms with van der Waals surface area (Å²) in [6.45, 7) is 6.91. The summed E-state index contributed by atoms with van der Waals surface area (Å²) in [5.41, 5.74) is 0.240. The second-order valence-electron chi connectivity index (χ2n) is 3.13. The van der Waals surface area contributed by atoms with Crippen molar-refractivity contribution >= 4 is 0 Å². The Morgan fingerprint density at radius 2 is 1.88 bits per heavy atom. The molecular weight excluding hydrogens is 102 g/mol. The molecule has 0 rings (SSSR count). The third kappa shape index (κ3) is 5.92. The Hall–Kier alpha value is -0.0800. The summed E-state index contributed by atoms with van der Waals surface area (Å²) in [5.74, 6) is 0. The molecule has 2 nitrogen and oxygen atoms in total. The summed E-state index contributed by atoms with van der Waals surface area (Å²) in [7, 11) is 0. The van der Waals surface area contributed by atoms with Gasteiger partial charge in [-0.25, -0.2) is 5.11 Å². The monoisotopic (exact) mass is 116 g/mol. The summed E-state index contributed by atoms with van der Waals surface area (Å²) in [4.78, 5) is 0. The minimum absolute atomic E-state index is 0.169. The molecule has 0 aliphatic heterocycles. The number of nitrogens with one attached hydrogen (secondary N) is 1. The van der Waals surface area contributed by atoms with Crippen LogP contribution in [0.25, 0.3) is 0 Å². The number of hydrogen-bond donors (Lipinski definition) is 1. The first-order valence-electron chi connectivity index (χ1n) is 2.85. The zero-order valence-electron chi connectivity index (χ0n) is 5.82. The maximum Gasteiger partial charge on any atom is 0.133 e. The predicted octanol–water partition coefficient (Wildman–Crippen LogP) is 1.01. The smallest absolute Gasteiger partial charge is 0.133 e. The van der Waals surface area contributed by atoms with Crippen molar-refractivity contribution in [1.29, 1.82) is 0 Å². The van der Waals surface area contributed by atoms with Crippen LogP contribution in [0.3, 0.4) is 0 Å². The van der Waals surface area contributed by atoms with E-state index < -0.39 is 0 Å². The van der Waals surface area contributed by atoms with Gasteiger partial charge in [0.15, 0.2) is 0 Å². The quantitative estimate of drug-likeness (QED) is 0.536. The van der Waals surface area contributed by atoms with Gasteiger partial charge in [-0.15, -0.1) is 0 Å². The van der Waals surface area contributed by atoms with Gasteiger partial charge in [-0.3, -0.25) is 5.32 Å². The highest BCUT2D eigenvalue weighted by Gasteiger charge is 2.07. The van der Waals surface area contributed by atoms with E-state index in [1.165, 1.54) is 0 Å². The van der Waals surface area contributed by atoms with Crippen LogP contribution < -0.4 is 5.32 Å². The molecule has 0 aromatic rings. The molecule has 0 saturated carbocycles. The van der Waals surface area contributed by atoms with E-state index in [9.17, 15) is 5.11 Å². The summed E-state index contributed by atoms with van der Waals surface area (Å²) in [6.07, 6.45) is 0.